The Morgan fingerprint density at radius 1 is 1.40 bits per heavy atom. The molecule has 0 saturated carbocycles. The molecule has 15 heavy (non-hydrogen) atoms. The van der Waals surface area contributed by atoms with Crippen molar-refractivity contribution in [2.45, 2.75) is 26.3 Å². The van der Waals surface area contributed by atoms with E-state index in [4.69, 9.17) is 10.5 Å². The van der Waals surface area contributed by atoms with Crippen molar-refractivity contribution < 1.29 is 4.74 Å². The van der Waals surface area contributed by atoms with E-state index in [1.165, 1.54) is 0 Å². The van der Waals surface area contributed by atoms with E-state index in [1.807, 2.05) is 38.1 Å². The Labute approximate surface area is 91.0 Å². The van der Waals surface area contributed by atoms with Crippen LogP contribution in [0.5, 0.6) is 5.75 Å². The van der Waals surface area contributed by atoms with E-state index >= 15 is 0 Å². The van der Waals surface area contributed by atoms with Gasteiger partial charge in [0.15, 0.2) is 0 Å². The predicted molar refractivity (Wildman–Crippen MR) is 63.3 cm³/mol. The third-order valence-electron chi connectivity index (χ3n) is 2.32. The molecule has 0 heterocycles. The summed E-state index contributed by atoms with van der Waals surface area (Å²) in [5, 5.41) is 0. The maximum Gasteiger partial charge on any atom is 0.118 e. The van der Waals surface area contributed by atoms with E-state index in [0.717, 1.165) is 17.7 Å². The van der Waals surface area contributed by atoms with E-state index in [1.54, 1.807) is 7.11 Å². The van der Waals surface area contributed by atoms with Crippen LogP contribution in [0.3, 0.4) is 0 Å². The van der Waals surface area contributed by atoms with E-state index in [9.17, 15) is 0 Å². The Morgan fingerprint density at radius 2 is 2.00 bits per heavy atom. The van der Waals surface area contributed by atoms with Crippen LogP contribution in [-0.2, 0) is 0 Å². The van der Waals surface area contributed by atoms with Crippen LogP contribution < -0.4 is 10.5 Å². The Bertz CT molecular complexity index is 330. The van der Waals surface area contributed by atoms with Gasteiger partial charge in [0, 0.05) is 6.42 Å². The van der Waals surface area contributed by atoms with Gasteiger partial charge in [-0.05, 0) is 24.6 Å². The lowest BCUT2D eigenvalue weighted by Gasteiger charge is -2.08. The molecule has 0 saturated heterocycles. The second-order valence-electron chi connectivity index (χ2n) is 3.42. The number of amidine groups is 1. The van der Waals surface area contributed by atoms with Crippen LogP contribution in [0.1, 0.15) is 31.9 Å². The van der Waals surface area contributed by atoms with Crippen LogP contribution in [0.4, 0.5) is 0 Å². The maximum absolute atomic E-state index is 5.69. The fourth-order valence-corrected chi connectivity index (χ4v) is 1.30. The molecule has 0 bridgehead atoms. The van der Waals surface area contributed by atoms with E-state index in [2.05, 4.69) is 4.99 Å². The molecule has 3 heteroatoms. The van der Waals surface area contributed by atoms with Gasteiger partial charge in [-0.1, -0.05) is 19.1 Å². The van der Waals surface area contributed by atoms with Crippen molar-refractivity contribution in [3.63, 3.8) is 0 Å². The molecule has 2 N–H and O–H groups in total. The first-order chi connectivity index (χ1) is 7.17. The molecule has 1 aromatic rings. The topological polar surface area (TPSA) is 47.6 Å². The van der Waals surface area contributed by atoms with Gasteiger partial charge in [-0.3, -0.25) is 4.99 Å². The zero-order valence-corrected chi connectivity index (χ0v) is 9.53. The number of methoxy groups -OCH3 is 1. The second-order valence-corrected chi connectivity index (χ2v) is 3.42. The molecule has 82 valence electrons. The van der Waals surface area contributed by atoms with Gasteiger partial charge in [0.05, 0.1) is 19.0 Å². The Balaban J connectivity index is 2.78. The van der Waals surface area contributed by atoms with Gasteiger partial charge in [-0.2, -0.15) is 0 Å². The second kappa shape index (κ2) is 5.39. The number of rotatable bonds is 4. The summed E-state index contributed by atoms with van der Waals surface area (Å²) in [5.41, 5.74) is 6.84. The molecule has 0 spiro atoms. The maximum atomic E-state index is 5.69. The lowest BCUT2D eigenvalue weighted by molar-refractivity contribution is 0.414. The third-order valence-corrected chi connectivity index (χ3v) is 2.32. The van der Waals surface area contributed by atoms with Crippen LogP contribution in [0.25, 0.3) is 0 Å². The molecule has 0 aromatic heterocycles. The summed E-state index contributed by atoms with van der Waals surface area (Å²) in [5.74, 6) is 1.55. The van der Waals surface area contributed by atoms with Crippen molar-refractivity contribution >= 4 is 5.84 Å². The number of hydrogen-bond acceptors (Lipinski definition) is 2. The third kappa shape index (κ3) is 3.27. The first kappa shape index (κ1) is 11.6. The highest BCUT2D eigenvalue weighted by atomic mass is 16.5. The van der Waals surface area contributed by atoms with Crippen LogP contribution in [-0.4, -0.2) is 12.9 Å². The molecule has 0 aliphatic rings. The van der Waals surface area contributed by atoms with Gasteiger partial charge >= 0.3 is 0 Å². The lowest BCUT2D eigenvalue weighted by Crippen LogP contribution is -2.11. The first-order valence-electron chi connectivity index (χ1n) is 5.13. The number of aliphatic imine (C=N–C) groups is 1. The fourth-order valence-electron chi connectivity index (χ4n) is 1.30. The zero-order valence-electron chi connectivity index (χ0n) is 9.53. The van der Waals surface area contributed by atoms with Crippen molar-refractivity contribution in [1.29, 1.82) is 0 Å². The summed E-state index contributed by atoms with van der Waals surface area (Å²) in [6, 6.07) is 8.00. The summed E-state index contributed by atoms with van der Waals surface area (Å²) in [6.45, 7) is 4.03. The highest BCUT2D eigenvalue weighted by Gasteiger charge is 2.03. The van der Waals surface area contributed by atoms with Crippen molar-refractivity contribution in [1.82, 2.24) is 0 Å². The minimum atomic E-state index is 0.107. The van der Waals surface area contributed by atoms with Gasteiger partial charge in [-0.15, -0.1) is 0 Å². The van der Waals surface area contributed by atoms with E-state index in [0.29, 0.717) is 5.84 Å². The van der Waals surface area contributed by atoms with Gasteiger partial charge in [0.25, 0.3) is 0 Å². The minimum Gasteiger partial charge on any atom is -0.497 e. The van der Waals surface area contributed by atoms with Crippen LogP contribution in [0.2, 0.25) is 0 Å². The molecule has 0 fully saturated rings. The van der Waals surface area contributed by atoms with E-state index < -0.39 is 0 Å². The smallest absolute Gasteiger partial charge is 0.118 e. The number of hydrogen-bond donors (Lipinski definition) is 1. The molecule has 0 aliphatic heterocycles. The monoisotopic (exact) mass is 206 g/mol. The van der Waals surface area contributed by atoms with Crippen molar-refractivity contribution in [3.8, 4) is 5.75 Å². The lowest BCUT2D eigenvalue weighted by atomic mass is 10.1. The van der Waals surface area contributed by atoms with Crippen LogP contribution >= 0.6 is 0 Å². The largest absolute Gasteiger partial charge is 0.497 e. The highest BCUT2D eigenvalue weighted by Crippen LogP contribution is 2.20. The number of ether oxygens (including phenoxy) is 1. The number of nitrogens with two attached hydrogens (primary N) is 1. The summed E-state index contributed by atoms with van der Waals surface area (Å²) in [7, 11) is 1.66. The summed E-state index contributed by atoms with van der Waals surface area (Å²) in [6.07, 6.45) is 0.792. The fraction of sp³-hybridized carbons (Fsp3) is 0.417. The summed E-state index contributed by atoms with van der Waals surface area (Å²) in [4.78, 5) is 4.37. The molecule has 3 nitrogen and oxygen atoms in total. The molecular formula is C12H18N2O. The van der Waals surface area contributed by atoms with E-state index in [-0.39, 0.29) is 6.04 Å². The van der Waals surface area contributed by atoms with Gasteiger partial charge in [0.1, 0.15) is 5.75 Å². The average Bonchev–Trinajstić information content (AvgIpc) is 2.29. The molecule has 0 aliphatic carbocycles. The van der Waals surface area contributed by atoms with Crippen LogP contribution in [0.15, 0.2) is 29.3 Å². The average molecular weight is 206 g/mol. The highest BCUT2D eigenvalue weighted by molar-refractivity contribution is 5.80. The van der Waals surface area contributed by atoms with Gasteiger partial charge < -0.3 is 10.5 Å². The van der Waals surface area contributed by atoms with Crippen molar-refractivity contribution in [2.24, 2.45) is 10.7 Å². The summed E-state index contributed by atoms with van der Waals surface area (Å²) >= 11 is 0. The molecule has 0 radical (unpaired) electrons. The molecular weight excluding hydrogens is 188 g/mol. The Hall–Kier alpha value is -1.51. The Morgan fingerprint density at radius 3 is 2.47 bits per heavy atom. The first-order valence-corrected chi connectivity index (χ1v) is 5.13. The van der Waals surface area contributed by atoms with Gasteiger partial charge in [0.2, 0.25) is 0 Å². The normalized spacial score (nSPS) is 13.7. The zero-order chi connectivity index (χ0) is 11.3. The van der Waals surface area contributed by atoms with Crippen molar-refractivity contribution in [2.75, 3.05) is 7.11 Å². The molecule has 1 atom stereocenters. The van der Waals surface area contributed by atoms with Crippen molar-refractivity contribution in [3.05, 3.63) is 29.8 Å². The SMILES string of the molecule is CCC(N)=NC(C)c1ccc(OC)cc1. The summed E-state index contributed by atoms with van der Waals surface area (Å²) < 4.78 is 5.09. The van der Waals surface area contributed by atoms with Gasteiger partial charge in [-0.25, -0.2) is 0 Å². The number of nitrogens with zero attached hydrogens (tertiary/aromatic N) is 1. The molecule has 1 unspecified atom stereocenters. The standard InChI is InChI=1S/C12H18N2O/c1-4-12(13)14-9(2)10-5-7-11(15-3)8-6-10/h5-9H,4H2,1-3H3,(H2,13,14). The predicted octanol–water partition coefficient (Wildman–Crippen LogP) is 2.52. The molecule has 1 aromatic carbocycles. The molecule has 0 amide bonds. The van der Waals surface area contributed by atoms with Crippen LogP contribution in [0, 0.1) is 0 Å². The quantitative estimate of drug-likeness (QED) is 0.608. The minimum absolute atomic E-state index is 0.107. The number of benzene rings is 1. The Kier molecular flexibility index (Phi) is 4.16. The molecule has 1 rings (SSSR count).